The van der Waals surface area contributed by atoms with Crippen LogP contribution in [0, 0.1) is 0 Å². The molecular formula is C16H26N4O. The maximum Gasteiger partial charge on any atom is 0.248 e. The third-order valence-electron chi connectivity index (χ3n) is 3.17. The maximum absolute atomic E-state index is 11.2. The highest BCUT2D eigenvalue weighted by molar-refractivity contribution is 5.92. The molecule has 0 unspecified atom stereocenters. The molecule has 0 saturated carbocycles. The van der Waals surface area contributed by atoms with Gasteiger partial charge in [0.25, 0.3) is 0 Å². The molecule has 0 radical (unpaired) electrons. The van der Waals surface area contributed by atoms with Gasteiger partial charge in [-0.1, -0.05) is 25.5 Å². The molecule has 0 atom stereocenters. The van der Waals surface area contributed by atoms with Crippen molar-refractivity contribution in [1.29, 1.82) is 0 Å². The van der Waals surface area contributed by atoms with Crippen LogP contribution in [0.15, 0.2) is 29.3 Å². The van der Waals surface area contributed by atoms with Gasteiger partial charge in [0.1, 0.15) is 0 Å². The predicted molar refractivity (Wildman–Crippen MR) is 87.3 cm³/mol. The Morgan fingerprint density at radius 3 is 2.76 bits per heavy atom. The Morgan fingerprint density at radius 2 is 2.14 bits per heavy atom. The first-order chi connectivity index (χ1) is 10.1. The number of carbonyl (C=O) groups is 1. The molecule has 0 aliphatic carbocycles. The summed E-state index contributed by atoms with van der Waals surface area (Å²) in [6.07, 6.45) is 2.29. The Kier molecular flexibility index (Phi) is 7.29. The van der Waals surface area contributed by atoms with Crippen LogP contribution in [-0.2, 0) is 6.54 Å². The molecule has 5 nitrogen and oxygen atoms in total. The molecule has 0 aromatic heterocycles. The van der Waals surface area contributed by atoms with Gasteiger partial charge in [0.15, 0.2) is 5.96 Å². The lowest BCUT2D eigenvalue weighted by Crippen LogP contribution is -2.39. The van der Waals surface area contributed by atoms with E-state index in [0.717, 1.165) is 37.5 Å². The number of guanidine groups is 1. The first-order valence-electron chi connectivity index (χ1n) is 7.46. The van der Waals surface area contributed by atoms with E-state index in [1.54, 1.807) is 12.1 Å². The molecular weight excluding hydrogens is 264 g/mol. The standard InChI is InChI=1S/C16H26N4O/c1-4-6-10-20(3)16(18-5-2)19-12-13-8-7-9-14(11-13)15(17)21/h7-9,11H,4-6,10,12H2,1-3H3,(H2,17,21)(H,18,19). The topological polar surface area (TPSA) is 70.7 Å². The van der Waals surface area contributed by atoms with E-state index in [4.69, 9.17) is 5.73 Å². The summed E-state index contributed by atoms with van der Waals surface area (Å²) in [6.45, 7) is 6.56. The highest BCUT2D eigenvalue weighted by Crippen LogP contribution is 2.06. The fourth-order valence-electron chi connectivity index (χ4n) is 1.96. The number of primary amides is 1. The summed E-state index contributed by atoms with van der Waals surface area (Å²) < 4.78 is 0. The molecule has 0 aliphatic rings. The second-order valence-corrected chi connectivity index (χ2v) is 5.01. The van der Waals surface area contributed by atoms with Crippen molar-refractivity contribution in [3.63, 3.8) is 0 Å². The van der Waals surface area contributed by atoms with Gasteiger partial charge in [-0.25, -0.2) is 4.99 Å². The molecule has 1 rings (SSSR count). The van der Waals surface area contributed by atoms with Gasteiger partial charge in [0.05, 0.1) is 6.54 Å². The quantitative estimate of drug-likeness (QED) is 0.596. The minimum Gasteiger partial charge on any atom is -0.366 e. The summed E-state index contributed by atoms with van der Waals surface area (Å²) in [6, 6.07) is 7.29. The highest BCUT2D eigenvalue weighted by atomic mass is 16.1. The number of nitrogens with one attached hydrogen (secondary N) is 1. The molecule has 0 spiro atoms. The molecule has 0 saturated heterocycles. The molecule has 1 aromatic rings. The normalized spacial score (nSPS) is 11.3. The average Bonchev–Trinajstić information content (AvgIpc) is 2.49. The largest absolute Gasteiger partial charge is 0.366 e. The Bertz CT molecular complexity index is 485. The van der Waals surface area contributed by atoms with Crippen LogP contribution in [0.2, 0.25) is 0 Å². The third kappa shape index (κ3) is 5.85. The smallest absolute Gasteiger partial charge is 0.248 e. The highest BCUT2D eigenvalue weighted by Gasteiger charge is 2.05. The summed E-state index contributed by atoms with van der Waals surface area (Å²) in [5.41, 5.74) is 6.79. The number of hydrogen-bond donors (Lipinski definition) is 2. The summed E-state index contributed by atoms with van der Waals surface area (Å²) >= 11 is 0. The van der Waals surface area contributed by atoms with E-state index in [2.05, 4.69) is 29.1 Å². The van der Waals surface area contributed by atoms with E-state index in [1.165, 1.54) is 0 Å². The summed E-state index contributed by atoms with van der Waals surface area (Å²) in [4.78, 5) is 17.9. The van der Waals surface area contributed by atoms with Crippen molar-refractivity contribution in [3.8, 4) is 0 Å². The number of benzene rings is 1. The second kappa shape index (κ2) is 9.00. The number of rotatable bonds is 7. The Hall–Kier alpha value is -2.04. The Morgan fingerprint density at radius 1 is 1.38 bits per heavy atom. The van der Waals surface area contributed by atoms with E-state index < -0.39 is 5.91 Å². The third-order valence-corrected chi connectivity index (χ3v) is 3.17. The van der Waals surface area contributed by atoms with Crippen LogP contribution < -0.4 is 11.1 Å². The molecule has 1 aromatic carbocycles. The van der Waals surface area contributed by atoms with Crippen LogP contribution in [-0.4, -0.2) is 36.9 Å². The minimum atomic E-state index is -0.409. The van der Waals surface area contributed by atoms with Crippen LogP contribution >= 0.6 is 0 Å². The number of unbranched alkanes of at least 4 members (excludes halogenated alkanes) is 1. The lowest BCUT2D eigenvalue weighted by Gasteiger charge is -2.21. The summed E-state index contributed by atoms with van der Waals surface area (Å²) in [7, 11) is 2.04. The molecule has 0 aliphatic heterocycles. The van der Waals surface area contributed by atoms with Crippen molar-refractivity contribution < 1.29 is 4.79 Å². The molecule has 3 N–H and O–H groups in total. The van der Waals surface area contributed by atoms with Crippen molar-refractivity contribution in [1.82, 2.24) is 10.2 Å². The van der Waals surface area contributed by atoms with Crippen LogP contribution in [0.1, 0.15) is 42.6 Å². The van der Waals surface area contributed by atoms with Crippen molar-refractivity contribution in [3.05, 3.63) is 35.4 Å². The van der Waals surface area contributed by atoms with Gasteiger partial charge in [0, 0.05) is 25.7 Å². The van der Waals surface area contributed by atoms with E-state index in [-0.39, 0.29) is 0 Å². The number of carbonyl (C=O) groups excluding carboxylic acids is 1. The van der Waals surface area contributed by atoms with Gasteiger partial charge in [-0.3, -0.25) is 4.79 Å². The first kappa shape index (κ1) is 17.0. The van der Waals surface area contributed by atoms with Crippen LogP contribution in [0.5, 0.6) is 0 Å². The minimum absolute atomic E-state index is 0.409. The van der Waals surface area contributed by atoms with Gasteiger partial charge in [-0.2, -0.15) is 0 Å². The number of aliphatic imine (C=N–C) groups is 1. The van der Waals surface area contributed by atoms with Crippen molar-refractivity contribution >= 4 is 11.9 Å². The zero-order valence-corrected chi connectivity index (χ0v) is 13.2. The Labute approximate surface area is 127 Å². The molecule has 0 fully saturated rings. The number of nitrogens with zero attached hydrogens (tertiary/aromatic N) is 2. The number of nitrogens with two attached hydrogens (primary N) is 1. The molecule has 0 bridgehead atoms. The summed E-state index contributed by atoms with van der Waals surface area (Å²) in [5, 5.41) is 3.28. The van der Waals surface area contributed by atoms with Gasteiger partial charge in [-0.15, -0.1) is 0 Å². The maximum atomic E-state index is 11.2. The van der Waals surface area contributed by atoms with Crippen LogP contribution in [0.3, 0.4) is 0 Å². The zero-order chi connectivity index (χ0) is 15.7. The first-order valence-corrected chi connectivity index (χ1v) is 7.46. The molecule has 1 amide bonds. The molecule has 0 heterocycles. The van der Waals surface area contributed by atoms with E-state index in [0.29, 0.717) is 12.1 Å². The monoisotopic (exact) mass is 290 g/mol. The molecule has 21 heavy (non-hydrogen) atoms. The van der Waals surface area contributed by atoms with Gasteiger partial charge in [-0.05, 0) is 31.0 Å². The number of amides is 1. The van der Waals surface area contributed by atoms with E-state index in [9.17, 15) is 4.79 Å². The van der Waals surface area contributed by atoms with Gasteiger partial charge >= 0.3 is 0 Å². The van der Waals surface area contributed by atoms with Crippen molar-refractivity contribution in [2.75, 3.05) is 20.1 Å². The summed E-state index contributed by atoms with van der Waals surface area (Å²) in [5.74, 6) is 0.475. The number of hydrogen-bond acceptors (Lipinski definition) is 2. The van der Waals surface area contributed by atoms with Gasteiger partial charge in [0.2, 0.25) is 5.91 Å². The average molecular weight is 290 g/mol. The Balaban J connectivity index is 2.77. The second-order valence-electron chi connectivity index (χ2n) is 5.01. The van der Waals surface area contributed by atoms with Gasteiger partial charge < -0.3 is 16.0 Å². The lowest BCUT2D eigenvalue weighted by atomic mass is 10.1. The van der Waals surface area contributed by atoms with Crippen molar-refractivity contribution in [2.45, 2.75) is 33.2 Å². The lowest BCUT2D eigenvalue weighted by molar-refractivity contribution is 0.1000. The van der Waals surface area contributed by atoms with Crippen LogP contribution in [0.25, 0.3) is 0 Å². The fraction of sp³-hybridized carbons (Fsp3) is 0.500. The van der Waals surface area contributed by atoms with Crippen molar-refractivity contribution in [2.24, 2.45) is 10.7 Å². The zero-order valence-electron chi connectivity index (χ0n) is 13.2. The SMILES string of the molecule is CCCCN(C)C(=NCc1cccc(C(N)=O)c1)NCC. The molecule has 116 valence electrons. The van der Waals surface area contributed by atoms with E-state index in [1.807, 2.05) is 19.2 Å². The van der Waals surface area contributed by atoms with E-state index >= 15 is 0 Å². The van der Waals surface area contributed by atoms with Crippen LogP contribution in [0.4, 0.5) is 0 Å². The molecule has 5 heteroatoms. The predicted octanol–water partition coefficient (Wildman–Crippen LogP) is 1.98. The fourth-order valence-corrected chi connectivity index (χ4v) is 1.96.